The smallest absolute Gasteiger partial charge is 0.142 e. The number of hydrogen-bond donors (Lipinski definition) is 1. The van der Waals surface area contributed by atoms with Crippen molar-refractivity contribution in [3.05, 3.63) is 60.2 Å². The Hall–Kier alpha value is -2.00. The van der Waals surface area contributed by atoms with Crippen molar-refractivity contribution >= 4 is 5.69 Å². The highest BCUT2D eigenvalue weighted by molar-refractivity contribution is 5.57. The van der Waals surface area contributed by atoms with E-state index < -0.39 is 0 Å². The van der Waals surface area contributed by atoms with E-state index in [9.17, 15) is 0 Å². The number of anilines is 1. The first-order valence-corrected chi connectivity index (χ1v) is 7.37. The Labute approximate surface area is 126 Å². The standard InChI is InChI=1S/C18H23NO2/c1-3-13-21-18-12-8-7-11-16(18)19-17(14-20-2)15-9-5-4-6-10-15/h4-12,17,19H,3,13-14H2,1-2H3. The molecule has 0 fully saturated rings. The van der Waals surface area contributed by atoms with Crippen molar-refractivity contribution < 1.29 is 9.47 Å². The molecule has 2 rings (SSSR count). The monoisotopic (exact) mass is 285 g/mol. The minimum atomic E-state index is 0.0996. The summed E-state index contributed by atoms with van der Waals surface area (Å²) in [5.74, 6) is 0.886. The highest BCUT2D eigenvalue weighted by Gasteiger charge is 2.13. The van der Waals surface area contributed by atoms with Crippen molar-refractivity contribution in [2.75, 3.05) is 25.6 Å². The zero-order valence-electron chi connectivity index (χ0n) is 12.7. The molecule has 0 aliphatic heterocycles. The van der Waals surface area contributed by atoms with Gasteiger partial charge in [-0.25, -0.2) is 0 Å². The van der Waals surface area contributed by atoms with Crippen LogP contribution in [0.5, 0.6) is 5.75 Å². The molecule has 1 N–H and O–H groups in total. The van der Waals surface area contributed by atoms with Crippen LogP contribution in [0.4, 0.5) is 5.69 Å². The van der Waals surface area contributed by atoms with Gasteiger partial charge in [0.1, 0.15) is 5.75 Å². The Kier molecular flexibility index (Phi) is 6.10. The van der Waals surface area contributed by atoms with E-state index in [1.54, 1.807) is 7.11 Å². The molecular formula is C18H23NO2. The zero-order chi connectivity index (χ0) is 14.9. The van der Waals surface area contributed by atoms with Gasteiger partial charge in [-0.05, 0) is 24.1 Å². The second kappa shape index (κ2) is 8.32. The van der Waals surface area contributed by atoms with Gasteiger partial charge in [0.05, 0.1) is 24.9 Å². The molecule has 0 saturated carbocycles. The van der Waals surface area contributed by atoms with Crippen LogP contribution in [0.1, 0.15) is 24.9 Å². The molecule has 0 aliphatic carbocycles. The van der Waals surface area contributed by atoms with E-state index in [0.29, 0.717) is 6.61 Å². The summed E-state index contributed by atoms with van der Waals surface area (Å²) in [4.78, 5) is 0. The molecule has 0 amide bonds. The van der Waals surface area contributed by atoms with Crippen LogP contribution in [0.3, 0.4) is 0 Å². The van der Waals surface area contributed by atoms with E-state index in [-0.39, 0.29) is 6.04 Å². The number of ether oxygens (including phenoxy) is 2. The molecule has 0 bridgehead atoms. The normalized spacial score (nSPS) is 11.9. The molecule has 112 valence electrons. The summed E-state index contributed by atoms with van der Waals surface area (Å²) < 4.78 is 11.1. The molecule has 3 nitrogen and oxygen atoms in total. The van der Waals surface area contributed by atoms with Gasteiger partial charge in [0.25, 0.3) is 0 Å². The topological polar surface area (TPSA) is 30.5 Å². The Bertz CT molecular complexity index is 528. The fourth-order valence-electron chi connectivity index (χ4n) is 2.18. The van der Waals surface area contributed by atoms with Crippen LogP contribution >= 0.6 is 0 Å². The second-order valence-electron chi connectivity index (χ2n) is 4.91. The summed E-state index contributed by atoms with van der Waals surface area (Å²) >= 11 is 0. The third-order valence-corrected chi connectivity index (χ3v) is 3.21. The first-order chi connectivity index (χ1) is 10.3. The van der Waals surface area contributed by atoms with Crippen LogP contribution in [-0.2, 0) is 4.74 Å². The van der Waals surface area contributed by atoms with Crippen molar-refractivity contribution in [1.29, 1.82) is 0 Å². The largest absolute Gasteiger partial charge is 0.491 e. The fourth-order valence-corrected chi connectivity index (χ4v) is 2.18. The highest BCUT2D eigenvalue weighted by Crippen LogP contribution is 2.28. The fraction of sp³-hybridized carbons (Fsp3) is 0.333. The van der Waals surface area contributed by atoms with E-state index in [1.165, 1.54) is 5.56 Å². The Morgan fingerprint density at radius 3 is 2.43 bits per heavy atom. The molecule has 0 saturated heterocycles. The van der Waals surface area contributed by atoms with Crippen LogP contribution in [0, 0.1) is 0 Å². The Balaban J connectivity index is 2.17. The van der Waals surface area contributed by atoms with E-state index >= 15 is 0 Å². The summed E-state index contributed by atoms with van der Waals surface area (Å²) in [6, 6.07) is 18.4. The molecule has 21 heavy (non-hydrogen) atoms. The maximum Gasteiger partial charge on any atom is 0.142 e. The molecule has 2 aromatic carbocycles. The third kappa shape index (κ3) is 4.50. The first-order valence-electron chi connectivity index (χ1n) is 7.37. The van der Waals surface area contributed by atoms with Gasteiger partial charge in [-0.3, -0.25) is 0 Å². The quantitative estimate of drug-likeness (QED) is 0.785. The number of para-hydroxylation sites is 2. The molecule has 2 aromatic rings. The van der Waals surface area contributed by atoms with Gasteiger partial charge in [-0.2, -0.15) is 0 Å². The Morgan fingerprint density at radius 2 is 1.71 bits per heavy atom. The molecule has 1 atom stereocenters. The van der Waals surface area contributed by atoms with Gasteiger partial charge in [0.2, 0.25) is 0 Å². The lowest BCUT2D eigenvalue weighted by molar-refractivity contribution is 0.186. The van der Waals surface area contributed by atoms with Gasteiger partial charge in [-0.1, -0.05) is 49.4 Å². The number of nitrogens with one attached hydrogen (secondary N) is 1. The molecule has 0 aliphatic rings. The van der Waals surface area contributed by atoms with Crippen molar-refractivity contribution in [1.82, 2.24) is 0 Å². The SMILES string of the molecule is CCCOc1ccccc1NC(COC)c1ccccc1. The third-order valence-electron chi connectivity index (χ3n) is 3.21. The van der Waals surface area contributed by atoms with E-state index in [0.717, 1.165) is 24.5 Å². The van der Waals surface area contributed by atoms with Crippen LogP contribution in [-0.4, -0.2) is 20.3 Å². The minimum Gasteiger partial charge on any atom is -0.491 e. The van der Waals surface area contributed by atoms with Crippen LogP contribution in [0.25, 0.3) is 0 Å². The molecule has 0 aromatic heterocycles. The van der Waals surface area contributed by atoms with Crippen molar-refractivity contribution in [2.45, 2.75) is 19.4 Å². The molecule has 0 radical (unpaired) electrons. The van der Waals surface area contributed by atoms with E-state index in [1.807, 2.05) is 42.5 Å². The zero-order valence-corrected chi connectivity index (χ0v) is 12.7. The summed E-state index contributed by atoms with van der Waals surface area (Å²) in [5.41, 5.74) is 2.20. The lowest BCUT2D eigenvalue weighted by Crippen LogP contribution is -2.16. The number of hydrogen-bond acceptors (Lipinski definition) is 3. The van der Waals surface area contributed by atoms with E-state index in [2.05, 4.69) is 24.4 Å². The van der Waals surface area contributed by atoms with Gasteiger partial charge in [0.15, 0.2) is 0 Å². The van der Waals surface area contributed by atoms with E-state index in [4.69, 9.17) is 9.47 Å². The molecule has 0 heterocycles. The summed E-state index contributed by atoms with van der Waals surface area (Å²) in [7, 11) is 1.72. The second-order valence-corrected chi connectivity index (χ2v) is 4.91. The summed E-state index contributed by atoms with van der Waals surface area (Å²) in [6.07, 6.45) is 0.995. The minimum absolute atomic E-state index is 0.0996. The maximum absolute atomic E-state index is 5.80. The van der Waals surface area contributed by atoms with Crippen molar-refractivity contribution in [2.24, 2.45) is 0 Å². The van der Waals surface area contributed by atoms with Crippen molar-refractivity contribution in [3.8, 4) is 5.75 Å². The van der Waals surface area contributed by atoms with Gasteiger partial charge >= 0.3 is 0 Å². The van der Waals surface area contributed by atoms with Crippen molar-refractivity contribution in [3.63, 3.8) is 0 Å². The molecular weight excluding hydrogens is 262 g/mol. The lowest BCUT2D eigenvalue weighted by Gasteiger charge is -2.21. The van der Waals surface area contributed by atoms with Gasteiger partial charge < -0.3 is 14.8 Å². The first kappa shape index (κ1) is 15.4. The predicted octanol–water partition coefficient (Wildman–Crippen LogP) is 4.28. The van der Waals surface area contributed by atoms with Crippen LogP contribution in [0.15, 0.2) is 54.6 Å². The summed E-state index contributed by atoms with van der Waals surface area (Å²) in [5, 5.41) is 3.52. The summed E-state index contributed by atoms with van der Waals surface area (Å²) in [6.45, 7) is 3.43. The molecule has 3 heteroatoms. The van der Waals surface area contributed by atoms with Gasteiger partial charge in [0, 0.05) is 7.11 Å². The number of methoxy groups -OCH3 is 1. The molecule has 0 spiro atoms. The van der Waals surface area contributed by atoms with Gasteiger partial charge in [-0.15, -0.1) is 0 Å². The lowest BCUT2D eigenvalue weighted by atomic mass is 10.1. The molecule has 1 unspecified atom stereocenters. The average Bonchev–Trinajstić information content (AvgIpc) is 2.54. The predicted molar refractivity (Wildman–Crippen MR) is 86.9 cm³/mol. The number of benzene rings is 2. The Morgan fingerprint density at radius 1 is 1.00 bits per heavy atom. The number of rotatable bonds is 8. The van der Waals surface area contributed by atoms with Crippen LogP contribution in [0.2, 0.25) is 0 Å². The van der Waals surface area contributed by atoms with Crippen LogP contribution < -0.4 is 10.1 Å². The highest BCUT2D eigenvalue weighted by atomic mass is 16.5. The average molecular weight is 285 g/mol. The maximum atomic E-state index is 5.80.